The number of aromatic amines is 2. The van der Waals surface area contributed by atoms with Crippen LogP contribution >= 0.6 is 0 Å². The summed E-state index contributed by atoms with van der Waals surface area (Å²) in [6, 6.07) is 11.3. The number of carbonyl (C=O) groups excluding carboxylic acids is 1. The number of alkyl halides is 2. The van der Waals surface area contributed by atoms with E-state index in [0.29, 0.717) is 22.7 Å². The van der Waals surface area contributed by atoms with Gasteiger partial charge in [-0.15, -0.1) is 0 Å². The maximum absolute atomic E-state index is 13.1. The van der Waals surface area contributed by atoms with Crippen molar-refractivity contribution in [1.29, 1.82) is 0 Å². The van der Waals surface area contributed by atoms with Gasteiger partial charge in [-0.25, -0.2) is 13.8 Å². The number of carbonyl (C=O) groups is 1. The quantitative estimate of drug-likeness (QED) is 0.453. The Labute approximate surface area is 181 Å². The van der Waals surface area contributed by atoms with Crippen molar-refractivity contribution >= 4 is 39.2 Å². The number of H-pyrrole nitrogens is 2. The standard InChI is InChI=1S/C22H20F2N6O2/c23-22(24)11-15(22)21(31)25-12-1-3-14-17(9-12)28-29-19(14)20-26-16-4-2-13(10-18(16)27-20)30-5-7-32-8-6-30/h1-4,9-10,15H,5-8,11H2,(H,25,31)(H,26,27)(H,28,29). The van der Waals surface area contributed by atoms with E-state index in [2.05, 4.69) is 42.5 Å². The van der Waals surface area contributed by atoms with Crippen molar-refractivity contribution in [3.8, 4) is 11.5 Å². The van der Waals surface area contributed by atoms with E-state index in [9.17, 15) is 13.6 Å². The van der Waals surface area contributed by atoms with Gasteiger partial charge in [0.05, 0.1) is 29.8 Å². The van der Waals surface area contributed by atoms with Gasteiger partial charge in [-0.05, 0) is 36.4 Å². The molecule has 32 heavy (non-hydrogen) atoms. The molecule has 1 saturated carbocycles. The first kappa shape index (κ1) is 19.2. The Bertz CT molecular complexity index is 1340. The Morgan fingerprint density at radius 1 is 1.16 bits per heavy atom. The molecular weight excluding hydrogens is 418 g/mol. The molecule has 0 spiro atoms. The average Bonchev–Trinajstić information content (AvgIpc) is 3.13. The number of benzene rings is 2. The molecule has 164 valence electrons. The second kappa shape index (κ2) is 6.99. The number of ether oxygens (including phenoxy) is 1. The highest BCUT2D eigenvalue weighted by Crippen LogP contribution is 2.49. The van der Waals surface area contributed by atoms with Crippen LogP contribution < -0.4 is 10.2 Å². The van der Waals surface area contributed by atoms with Gasteiger partial charge in [0.25, 0.3) is 5.92 Å². The SMILES string of the molecule is O=C(Nc1ccc2c(-c3nc4ccc(N5CCOCC5)cc4[nH]3)n[nH]c2c1)C1CC1(F)F. The molecule has 4 aromatic rings. The van der Waals surface area contributed by atoms with Crippen molar-refractivity contribution in [1.82, 2.24) is 20.2 Å². The van der Waals surface area contributed by atoms with Crippen LogP contribution in [0.2, 0.25) is 0 Å². The first-order valence-electron chi connectivity index (χ1n) is 10.5. The monoisotopic (exact) mass is 438 g/mol. The van der Waals surface area contributed by atoms with Crippen LogP contribution in [0.15, 0.2) is 36.4 Å². The molecule has 2 aromatic carbocycles. The number of amides is 1. The molecule has 1 atom stereocenters. The van der Waals surface area contributed by atoms with Crippen molar-refractivity contribution in [2.24, 2.45) is 5.92 Å². The van der Waals surface area contributed by atoms with E-state index in [1.165, 1.54) is 0 Å². The molecule has 1 aliphatic carbocycles. The molecule has 6 rings (SSSR count). The molecule has 2 aliphatic rings. The van der Waals surface area contributed by atoms with E-state index >= 15 is 0 Å². The van der Waals surface area contributed by atoms with Gasteiger partial charge < -0.3 is 19.9 Å². The highest BCUT2D eigenvalue weighted by atomic mass is 19.3. The topological polar surface area (TPSA) is 98.9 Å². The molecule has 0 bridgehead atoms. The Balaban J connectivity index is 1.27. The fraction of sp³-hybridized carbons (Fsp3) is 0.318. The van der Waals surface area contributed by atoms with E-state index in [4.69, 9.17) is 4.74 Å². The Morgan fingerprint density at radius 3 is 2.75 bits per heavy atom. The average molecular weight is 438 g/mol. The number of halogens is 2. The first-order valence-corrected chi connectivity index (χ1v) is 10.5. The smallest absolute Gasteiger partial charge is 0.260 e. The maximum Gasteiger partial charge on any atom is 0.260 e. The summed E-state index contributed by atoms with van der Waals surface area (Å²) in [5, 5.41) is 10.7. The van der Waals surface area contributed by atoms with Gasteiger partial charge in [0.1, 0.15) is 11.6 Å². The van der Waals surface area contributed by atoms with E-state index in [1.807, 2.05) is 6.07 Å². The highest BCUT2D eigenvalue weighted by Gasteiger charge is 2.61. The molecule has 2 fully saturated rings. The molecule has 1 saturated heterocycles. The number of nitrogens with zero attached hydrogens (tertiary/aromatic N) is 3. The van der Waals surface area contributed by atoms with Gasteiger partial charge >= 0.3 is 0 Å². The molecule has 10 heteroatoms. The molecule has 3 heterocycles. The molecule has 1 aliphatic heterocycles. The fourth-order valence-electron chi connectivity index (χ4n) is 4.13. The summed E-state index contributed by atoms with van der Waals surface area (Å²) in [4.78, 5) is 22.3. The van der Waals surface area contributed by atoms with Crippen LogP contribution in [0.1, 0.15) is 6.42 Å². The van der Waals surface area contributed by atoms with Crippen molar-refractivity contribution in [2.45, 2.75) is 12.3 Å². The molecule has 1 unspecified atom stereocenters. The largest absolute Gasteiger partial charge is 0.378 e. The number of rotatable bonds is 4. The van der Waals surface area contributed by atoms with E-state index in [-0.39, 0.29) is 0 Å². The van der Waals surface area contributed by atoms with Gasteiger partial charge in [0, 0.05) is 36.3 Å². The van der Waals surface area contributed by atoms with E-state index in [1.54, 1.807) is 18.2 Å². The third-order valence-electron chi connectivity index (χ3n) is 6.04. The van der Waals surface area contributed by atoms with Crippen LogP contribution in [0, 0.1) is 5.92 Å². The Kier molecular flexibility index (Phi) is 4.19. The van der Waals surface area contributed by atoms with Gasteiger partial charge in [0.15, 0.2) is 5.82 Å². The van der Waals surface area contributed by atoms with Crippen molar-refractivity contribution in [3.63, 3.8) is 0 Å². The predicted molar refractivity (Wildman–Crippen MR) is 116 cm³/mol. The van der Waals surface area contributed by atoms with Crippen LogP contribution in [0.4, 0.5) is 20.2 Å². The van der Waals surface area contributed by atoms with E-state index < -0.39 is 24.2 Å². The molecular formula is C22H20F2N6O2. The van der Waals surface area contributed by atoms with Gasteiger partial charge in [-0.1, -0.05) is 0 Å². The van der Waals surface area contributed by atoms with Gasteiger partial charge in [0.2, 0.25) is 5.91 Å². The van der Waals surface area contributed by atoms with Crippen LogP contribution in [-0.2, 0) is 9.53 Å². The number of hydrogen-bond acceptors (Lipinski definition) is 5. The number of hydrogen-bond donors (Lipinski definition) is 3. The lowest BCUT2D eigenvalue weighted by atomic mass is 10.2. The summed E-state index contributed by atoms with van der Waals surface area (Å²) in [5.74, 6) is -4.17. The van der Waals surface area contributed by atoms with Crippen LogP contribution in [0.5, 0.6) is 0 Å². The van der Waals surface area contributed by atoms with Crippen molar-refractivity contribution in [2.75, 3.05) is 36.5 Å². The summed E-state index contributed by atoms with van der Waals surface area (Å²) in [6.07, 6.45) is -0.394. The predicted octanol–water partition coefficient (Wildman–Crippen LogP) is 3.54. The molecule has 3 N–H and O–H groups in total. The number of aromatic nitrogens is 4. The highest BCUT2D eigenvalue weighted by molar-refractivity contribution is 5.99. The minimum absolute atomic E-state index is 0.394. The molecule has 1 amide bonds. The normalized spacial score (nSPS) is 20.1. The third-order valence-corrected chi connectivity index (χ3v) is 6.04. The zero-order chi connectivity index (χ0) is 21.9. The zero-order valence-corrected chi connectivity index (χ0v) is 17.0. The fourth-order valence-corrected chi connectivity index (χ4v) is 4.13. The Hall–Kier alpha value is -3.53. The lowest BCUT2D eigenvalue weighted by molar-refractivity contribution is -0.119. The lowest BCUT2D eigenvalue weighted by Crippen LogP contribution is -2.36. The maximum atomic E-state index is 13.1. The number of nitrogens with one attached hydrogen (secondary N) is 3. The summed E-state index contributed by atoms with van der Waals surface area (Å²) in [7, 11) is 0. The van der Waals surface area contributed by atoms with Crippen molar-refractivity contribution < 1.29 is 18.3 Å². The summed E-state index contributed by atoms with van der Waals surface area (Å²) >= 11 is 0. The number of imidazole rings is 1. The second-order valence-corrected chi connectivity index (χ2v) is 8.23. The lowest BCUT2D eigenvalue weighted by Gasteiger charge is -2.28. The zero-order valence-electron chi connectivity index (χ0n) is 17.0. The summed E-state index contributed by atoms with van der Waals surface area (Å²) < 4.78 is 31.7. The van der Waals surface area contributed by atoms with Crippen LogP contribution in [-0.4, -0.2) is 58.3 Å². The number of fused-ring (bicyclic) bond motifs is 2. The second-order valence-electron chi connectivity index (χ2n) is 8.23. The molecule has 2 aromatic heterocycles. The number of anilines is 2. The Morgan fingerprint density at radius 2 is 1.97 bits per heavy atom. The van der Waals surface area contributed by atoms with Gasteiger partial charge in [-0.3, -0.25) is 9.89 Å². The number of morpholine rings is 1. The summed E-state index contributed by atoms with van der Waals surface area (Å²) in [5.41, 5.74) is 4.63. The van der Waals surface area contributed by atoms with E-state index in [0.717, 1.165) is 48.4 Å². The van der Waals surface area contributed by atoms with Crippen LogP contribution in [0.3, 0.4) is 0 Å². The van der Waals surface area contributed by atoms with Crippen molar-refractivity contribution in [3.05, 3.63) is 36.4 Å². The summed E-state index contributed by atoms with van der Waals surface area (Å²) in [6.45, 7) is 3.15. The van der Waals surface area contributed by atoms with Crippen LogP contribution in [0.25, 0.3) is 33.5 Å². The molecule has 0 radical (unpaired) electrons. The third kappa shape index (κ3) is 3.27. The minimum Gasteiger partial charge on any atom is -0.378 e. The minimum atomic E-state index is -2.89. The first-order chi connectivity index (χ1) is 15.5. The molecule has 8 nitrogen and oxygen atoms in total. The van der Waals surface area contributed by atoms with Gasteiger partial charge in [-0.2, -0.15) is 5.10 Å².